The number of carbonyl (C=O) groups is 2. The van der Waals surface area contributed by atoms with Crippen molar-refractivity contribution in [3.63, 3.8) is 0 Å². The molecule has 2 heterocycles. The number of hydrogen-bond donors (Lipinski definition) is 1. The minimum atomic E-state index is -1.08. The van der Waals surface area contributed by atoms with E-state index in [1.807, 2.05) is 0 Å². The molecule has 1 fully saturated rings. The molecule has 3 aromatic rings. The number of rotatable bonds is 2. The first-order chi connectivity index (χ1) is 14.0. The van der Waals surface area contributed by atoms with Crippen LogP contribution in [0.25, 0.3) is 10.8 Å². The molecule has 1 saturated heterocycles. The zero-order valence-electron chi connectivity index (χ0n) is 15.2. The van der Waals surface area contributed by atoms with Crippen molar-refractivity contribution in [3.8, 4) is 0 Å². The van der Waals surface area contributed by atoms with Crippen LogP contribution in [0.5, 0.6) is 0 Å². The number of carbonyl (C=O) groups excluding carboxylic acids is 2. The molecule has 29 heavy (non-hydrogen) atoms. The van der Waals surface area contributed by atoms with Gasteiger partial charge < -0.3 is 9.80 Å². The van der Waals surface area contributed by atoms with Gasteiger partial charge in [-0.1, -0.05) is 18.2 Å². The smallest absolute Gasteiger partial charge is 0.275 e. The van der Waals surface area contributed by atoms with Crippen LogP contribution in [0.2, 0.25) is 0 Å². The quantitative estimate of drug-likeness (QED) is 0.713. The summed E-state index contributed by atoms with van der Waals surface area (Å²) >= 11 is 0. The van der Waals surface area contributed by atoms with Gasteiger partial charge in [-0.05, 0) is 24.3 Å². The van der Waals surface area contributed by atoms with Gasteiger partial charge in [0.2, 0.25) is 0 Å². The van der Waals surface area contributed by atoms with Gasteiger partial charge in [-0.3, -0.25) is 14.4 Å². The Morgan fingerprint density at radius 3 is 2.14 bits per heavy atom. The Morgan fingerprint density at radius 1 is 0.862 bits per heavy atom. The third-order valence-electron chi connectivity index (χ3n) is 4.92. The summed E-state index contributed by atoms with van der Waals surface area (Å²) in [5, 5.41) is 7.09. The number of halogens is 2. The van der Waals surface area contributed by atoms with Gasteiger partial charge in [0.25, 0.3) is 17.4 Å². The largest absolute Gasteiger partial charge is 0.335 e. The minimum absolute atomic E-state index is 0.0528. The average Bonchev–Trinajstić information content (AvgIpc) is 2.75. The van der Waals surface area contributed by atoms with E-state index in [9.17, 15) is 23.2 Å². The van der Waals surface area contributed by atoms with E-state index in [2.05, 4.69) is 10.2 Å². The summed E-state index contributed by atoms with van der Waals surface area (Å²) in [7, 11) is 0. The summed E-state index contributed by atoms with van der Waals surface area (Å²) in [6, 6.07) is 9.71. The highest BCUT2D eigenvalue weighted by Gasteiger charge is 2.27. The van der Waals surface area contributed by atoms with E-state index in [4.69, 9.17) is 0 Å². The summed E-state index contributed by atoms with van der Waals surface area (Å²) in [5.74, 6) is -2.88. The Morgan fingerprint density at radius 2 is 1.48 bits per heavy atom. The molecule has 1 aromatic heterocycles. The van der Waals surface area contributed by atoms with E-state index in [0.717, 1.165) is 12.1 Å². The van der Waals surface area contributed by atoms with Gasteiger partial charge in [0.1, 0.15) is 0 Å². The van der Waals surface area contributed by atoms with Crippen molar-refractivity contribution < 1.29 is 18.4 Å². The lowest BCUT2D eigenvalue weighted by atomic mass is 10.1. The first kappa shape index (κ1) is 18.7. The van der Waals surface area contributed by atoms with E-state index in [1.165, 1.54) is 11.0 Å². The van der Waals surface area contributed by atoms with E-state index >= 15 is 0 Å². The molecule has 1 N–H and O–H groups in total. The Bertz CT molecular complexity index is 1170. The first-order valence-corrected chi connectivity index (χ1v) is 8.97. The van der Waals surface area contributed by atoms with Crippen molar-refractivity contribution in [2.24, 2.45) is 0 Å². The molecule has 0 spiro atoms. The minimum Gasteiger partial charge on any atom is -0.335 e. The molecule has 1 aliphatic rings. The second-order valence-corrected chi connectivity index (χ2v) is 6.66. The van der Waals surface area contributed by atoms with Crippen LogP contribution in [0.15, 0.2) is 47.3 Å². The predicted molar refractivity (Wildman–Crippen MR) is 101 cm³/mol. The summed E-state index contributed by atoms with van der Waals surface area (Å²) < 4.78 is 26.5. The molecule has 0 bridgehead atoms. The van der Waals surface area contributed by atoms with Crippen molar-refractivity contribution in [2.75, 3.05) is 26.2 Å². The lowest BCUT2D eigenvalue weighted by molar-refractivity contribution is 0.0532. The van der Waals surface area contributed by atoms with Gasteiger partial charge in [-0.15, -0.1) is 0 Å². The summed E-state index contributed by atoms with van der Waals surface area (Å²) in [6.07, 6.45) is 0. The van der Waals surface area contributed by atoms with E-state index in [-0.39, 0.29) is 48.9 Å². The van der Waals surface area contributed by atoms with Crippen molar-refractivity contribution >= 4 is 22.6 Å². The fraction of sp³-hybridized carbons (Fsp3) is 0.200. The number of aromatic amines is 1. The third kappa shape index (κ3) is 3.46. The van der Waals surface area contributed by atoms with E-state index < -0.39 is 17.5 Å². The molecule has 148 valence electrons. The molecule has 0 aliphatic carbocycles. The number of nitrogens with zero attached hydrogens (tertiary/aromatic N) is 3. The van der Waals surface area contributed by atoms with Crippen molar-refractivity contribution in [3.05, 3.63) is 75.7 Å². The number of fused-ring (bicyclic) bond motifs is 1. The predicted octanol–water partition coefficient (Wildman–Crippen LogP) is 1.80. The van der Waals surface area contributed by atoms with Crippen molar-refractivity contribution in [2.45, 2.75) is 0 Å². The Balaban J connectivity index is 1.49. The maximum Gasteiger partial charge on any atom is 0.275 e. The van der Waals surface area contributed by atoms with Crippen LogP contribution in [0.1, 0.15) is 20.8 Å². The van der Waals surface area contributed by atoms with Crippen LogP contribution in [-0.4, -0.2) is 58.0 Å². The molecule has 2 aromatic carbocycles. The molecule has 1 aliphatic heterocycles. The Labute approximate surface area is 163 Å². The normalized spacial score (nSPS) is 14.3. The van der Waals surface area contributed by atoms with Gasteiger partial charge in [-0.2, -0.15) is 5.10 Å². The highest BCUT2D eigenvalue weighted by Crippen LogP contribution is 2.17. The van der Waals surface area contributed by atoms with Crippen molar-refractivity contribution in [1.29, 1.82) is 0 Å². The standard InChI is InChI=1S/C20H16F2N4O3/c21-15-6-5-12(11-16(15)22)19(28)25-7-9-26(10-8-25)20(29)17-13-3-1-2-4-14(13)18(27)24-23-17/h1-6,11H,7-10H2,(H,24,27). The van der Waals surface area contributed by atoms with Crippen LogP contribution in [0.3, 0.4) is 0 Å². The molecule has 0 unspecified atom stereocenters. The summed E-state index contributed by atoms with van der Waals surface area (Å²) in [6.45, 7) is 0.989. The third-order valence-corrected chi connectivity index (χ3v) is 4.92. The second-order valence-electron chi connectivity index (χ2n) is 6.66. The number of nitrogens with one attached hydrogen (secondary N) is 1. The molecule has 9 heteroatoms. The number of amides is 2. The van der Waals surface area contributed by atoms with Crippen LogP contribution < -0.4 is 5.56 Å². The van der Waals surface area contributed by atoms with E-state index in [0.29, 0.717) is 10.8 Å². The molecule has 0 radical (unpaired) electrons. The molecular formula is C20H16F2N4O3. The molecule has 7 nitrogen and oxygen atoms in total. The van der Waals surface area contributed by atoms with Crippen LogP contribution >= 0.6 is 0 Å². The van der Waals surface area contributed by atoms with Gasteiger partial charge >= 0.3 is 0 Å². The summed E-state index contributed by atoms with van der Waals surface area (Å²) in [5.41, 5.74) is -0.184. The van der Waals surface area contributed by atoms with E-state index in [1.54, 1.807) is 29.2 Å². The maximum absolute atomic E-state index is 13.4. The van der Waals surface area contributed by atoms with Crippen LogP contribution in [0, 0.1) is 11.6 Å². The lowest BCUT2D eigenvalue weighted by Gasteiger charge is -2.34. The Hall–Kier alpha value is -3.62. The van der Waals surface area contributed by atoms with Crippen molar-refractivity contribution in [1.82, 2.24) is 20.0 Å². The van der Waals surface area contributed by atoms with Crippen LogP contribution in [-0.2, 0) is 0 Å². The lowest BCUT2D eigenvalue weighted by Crippen LogP contribution is -2.50. The average molecular weight is 398 g/mol. The highest BCUT2D eigenvalue weighted by molar-refractivity contribution is 6.04. The highest BCUT2D eigenvalue weighted by atomic mass is 19.2. The summed E-state index contributed by atoms with van der Waals surface area (Å²) in [4.78, 5) is 40.3. The van der Waals surface area contributed by atoms with Gasteiger partial charge in [0.15, 0.2) is 17.3 Å². The Kier molecular flexibility index (Phi) is 4.79. The first-order valence-electron chi connectivity index (χ1n) is 8.97. The van der Waals surface area contributed by atoms with Gasteiger partial charge in [-0.25, -0.2) is 13.9 Å². The number of aromatic nitrogens is 2. The second kappa shape index (κ2) is 7.42. The van der Waals surface area contributed by atoms with Crippen LogP contribution in [0.4, 0.5) is 8.78 Å². The fourth-order valence-electron chi connectivity index (χ4n) is 3.35. The zero-order chi connectivity index (χ0) is 20.5. The SMILES string of the molecule is O=C(c1ccc(F)c(F)c1)N1CCN(C(=O)c2n[nH]c(=O)c3ccccc23)CC1. The monoisotopic (exact) mass is 398 g/mol. The maximum atomic E-state index is 13.4. The number of benzene rings is 2. The zero-order valence-corrected chi connectivity index (χ0v) is 15.2. The number of hydrogen-bond acceptors (Lipinski definition) is 4. The molecule has 2 amide bonds. The molecule has 4 rings (SSSR count). The number of H-pyrrole nitrogens is 1. The molecule has 0 atom stereocenters. The molecule has 0 saturated carbocycles. The van der Waals surface area contributed by atoms with Gasteiger partial charge in [0.05, 0.1) is 5.39 Å². The molecular weight excluding hydrogens is 382 g/mol. The number of piperazine rings is 1. The fourth-order valence-corrected chi connectivity index (χ4v) is 3.35. The topological polar surface area (TPSA) is 86.4 Å². The van der Waals surface area contributed by atoms with Gasteiger partial charge in [0, 0.05) is 37.1 Å².